The Morgan fingerprint density at radius 1 is 0.955 bits per heavy atom. The van der Waals surface area contributed by atoms with Gasteiger partial charge in [0.2, 0.25) is 0 Å². The van der Waals surface area contributed by atoms with Crippen molar-refractivity contribution in [3.63, 3.8) is 0 Å². The number of hydrogen-bond acceptors (Lipinski definition) is 8. The normalized spacial score (nSPS) is 15.7. The van der Waals surface area contributed by atoms with Crippen LogP contribution in [-0.4, -0.2) is 92.3 Å². The molecule has 0 saturated heterocycles. The van der Waals surface area contributed by atoms with E-state index in [-0.39, 0.29) is 23.5 Å². The van der Waals surface area contributed by atoms with E-state index >= 15 is 0 Å². The van der Waals surface area contributed by atoms with Gasteiger partial charge in [-0.3, -0.25) is 0 Å². The van der Waals surface area contributed by atoms with Crippen molar-refractivity contribution in [3.8, 4) is 0 Å². The molecule has 0 heterocycles. The maximum absolute atomic E-state index is 9.55. The summed E-state index contributed by atoms with van der Waals surface area (Å²) in [6.07, 6.45) is -4.53. The molecule has 8 N–H and O–H groups in total. The van der Waals surface area contributed by atoms with Crippen molar-refractivity contribution in [2.75, 3.05) is 20.2 Å². The van der Waals surface area contributed by atoms with Crippen LogP contribution in [0.5, 0.6) is 0 Å². The van der Waals surface area contributed by atoms with Gasteiger partial charge in [-0.2, -0.15) is 0 Å². The van der Waals surface area contributed by atoms with Gasteiger partial charge in [0.1, 0.15) is 18.3 Å². The fraction of sp³-hybridized carbons (Fsp3) is 0.636. The van der Waals surface area contributed by atoms with Crippen LogP contribution >= 0.6 is 17.0 Å². The van der Waals surface area contributed by atoms with E-state index in [1.54, 1.807) is 7.05 Å². The highest BCUT2D eigenvalue weighted by atomic mass is 79.9. The van der Waals surface area contributed by atoms with Crippen molar-refractivity contribution in [2.45, 2.75) is 24.4 Å². The summed E-state index contributed by atoms with van der Waals surface area (Å²) >= 11 is 0. The number of carboxylic acids is 2. The summed E-state index contributed by atoms with van der Waals surface area (Å²) in [6.45, 7) is -0.569. The van der Waals surface area contributed by atoms with Gasteiger partial charge >= 0.3 is 11.9 Å². The maximum Gasteiger partial charge on any atom is 0.328 e. The molecule has 0 aliphatic carbocycles. The number of likely N-dealkylation sites (N-methyl/N-ethyl adjacent to an activating group) is 1. The van der Waals surface area contributed by atoms with Crippen LogP contribution in [0.2, 0.25) is 0 Å². The lowest BCUT2D eigenvalue weighted by Crippen LogP contribution is -2.48. The molecule has 0 aromatic heterocycles. The number of halogens is 1. The number of aliphatic hydroxyl groups is 5. The SMILES string of the molecule is Br.CNC[C@H](O)[C@@H](O)[C@H](O)[C@H](O)CO.O=C(O)/C=C\C(=O)O. The van der Waals surface area contributed by atoms with Crippen molar-refractivity contribution >= 4 is 28.9 Å². The summed E-state index contributed by atoms with van der Waals surface area (Å²) in [5.41, 5.74) is 0. The molecule has 0 saturated carbocycles. The third-order valence-corrected chi connectivity index (χ3v) is 2.11. The van der Waals surface area contributed by atoms with E-state index in [0.717, 1.165) is 0 Å². The molecule has 0 aliphatic rings. The predicted octanol–water partition coefficient (Wildman–Crippen LogP) is -3.07. The summed E-state index contributed by atoms with van der Waals surface area (Å²) in [5, 5.41) is 63.1. The van der Waals surface area contributed by atoms with Gasteiger partial charge in [0.25, 0.3) is 0 Å². The molecule has 0 spiro atoms. The lowest BCUT2D eigenvalue weighted by molar-refractivity contribution is -0.134. The average Bonchev–Trinajstić information content (AvgIpc) is 2.43. The van der Waals surface area contributed by atoms with E-state index in [1.807, 2.05) is 0 Å². The molecule has 4 atom stereocenters. The zero-order valence-corrected chi connectivity index (χ0v) is 13.4. The van der Waals surface area contributed by atoms with Gasteiger partial charge in [-0.25, -0.2) is 9.59 Å². The van der Waals surface area contributed by atoms with Gasteiger partial charge in [0, 0.05) is 18.7 Å². The van der Waals surface area contributed by atoms with Gasteiger partial charge in [0.05, 0.1) is 12.7 Å². The second kappa shape index (κ2) is 14.8. The molecule has 0 aromatic carbocycles. The molecule has 22 heavy (non-hydrogen) atoms. The Bertz CT molecular complexity index is 324. The summed E-state index contributed by atoms with van der Waals surface area (Å²) in [5.74, 6) is -2.51. The van der Waals surface area contributed by atoms with Crippen LogP contribution < -0.4 is 5.32 Å². The van der Waals surface area contributed by atoms with Gasteiger partial charge in [-0.1, -0.05) is 0 Å². The molecule has 0 amide bonds. The molecule has 10 nitrogen and oxygen atoms in total. The van der Waals surface area contributed by atoms with Crippen LogP contribution in [0.15, 0.2) is 12.2 Å². The van der Waals surface area contributed by atoms with Gasteiger partial charge in [0.15, 0.2) is 0 Å². The van der Waals surface area contributed by atoms with Crippen molar-refractivity contribution in [3.05, 3.63) is 12.2 Å². The van der Waals surface area contributed by atoms with E-state index in [2.05, 4.69) is 5.32 Å². The second-order valence-electron chi connectivity index (χ2n) is 3.87. The number of rotatable bonds is 8. The minimum atomic E-state index is -1.55. The molecule has 0 aromatic rings. The van der Waals surface area contributed by atoms with Crippen molar-refractivity contribution in [1.29, 1.82) is 0 Å². The highest BCUT2D eigenvalue weighted by molar-refractivity contribution is 8.93. The molecule has 0 bridgehead atoms. The Labute approximate surface area is 137 Å². The summed E-state index contributed by atoms with van der Waals surface area (Å²) < 4.78 is 0. The Hall–Kier alpha value is -1.08. The first-order valence-electron chi connectivity index (χ1n) is 5.79. The number of aliphatic carboxylic acids is 2. The highest BCUT2D eigenvalue weighted by Crippen LogP contribution is 2.04. The van der Waals surface area contributed by atoms with E-state index in [4.69, 9.17) is 30.6 Å². The van der Waals surface area contributed by atoms with Crippen LogP contribution in [0.1, 0.15) is 0 Å². The van der Waals surface area contributed by atoms with Gasteiger partial charge in [-0.05, 0) is 7.05 Å². The van der Waals surface area contributed by atoms with E-state index in [9.17, 15) is 14.7 Å². The zero-order chi connectivity index (χ0) is 17.0. The molecule has 0 rings (SSSR count). The van der Waals surface area contributed by atoms with Crippen molar-refractivity contribution in [2.24, 2.45) is 0 Å². The molecule has 11 heteroatoms. The zero-order valence-electron chi connectivity index (χ0n) is 11.7. The molecular weight excluding hydrogens is 370 g/mol. The fourth-order valence-electron chi connectivity index (χ4n) is 1.04. The number of nitrogens with one attached hydrogen (secondary N) is 1. The van der Waals surface area contributed by atoms with Crippen LogP contribution in [0.3, 0.4) is 0 Å². The van der Waals surface area contributed by atoms with E-state index in [0.29, 0.717) is 12.2 Å². The Balaban J connectivity index is -0.000000348. The topological polar surface area (TPSA) is 188 Å². The van der Waals surface area contributed by atoms with E-state index in [1.165, 1.54) is 0 Å². The van der Waals surface area contributed by atoms with Gasteiger partial charge < -0.3 is 41.1 Å². The molecule has 132 valence electrons. The quantitative estimate of drug-likeness (QED) is 0.197. The van der Waals surface area contributed by atoms with Crippen LogP contribution in [-0.2, 0) is 9.59 Å². The van der Waals surface area contributed by atoms with Crippen LogP contribution in [0.25, 0.3) is 0 Å². The Morgan fingerprint density at radius 3 is 1.59 bits per heavy atom. The van der Waals surface area contributed by atoms with Crippen LogP contribution in [0.4, 0.5) is 0 Å². The highest BCUT2D eigenvalue weighted by Gasteiger charge is 2.29. The fourth-order valence-corrected chi connectivity index (χ4v) is 1.04. The first-order chi connectivity index (χ1) is 9.67. The van der Waals surface area contributed by atoms with Crippen molar-refractivity contribution < 1.29 is 45.3 Å². The molecule has 0 aliphatic heterocycles. The number of carboxylic acid groups (broad SMARTS) is 2. The standard InChI is InChI=1S/C7H17NO5.C4H4O4.BrH/c1-8-2-4(10)6(12)7(13)5(11)3-9;5-3(6)1-2-4(7)8;/h4-13H,2-3H2,1H3;1-2H,(H,5,6)(H,7,8);1H/b;2-1-;/t4-,5+,6+,7+;;/m0../s1. The second-order valence-corrected chi connectivity index (χ2v) is 3.87. The third kappa shape index (κ3) is 13.9. The number of carbonyl (C=O) groups is 2. The molecule has 0 fully saturated rings. The lowest BCUT2D eigenvalue weighted by atomic mass is 10.0. The summed E-state index contributed by atoms with van der Waals surface area (Å²) in [7, 11) is 1.57. The Kier molecular flexibility index (Phi) is 17.4. The maximum atomic E-state index is 9.55. The monoisotopic (exact) mass is 391 g/mol. The smallest absolute Gasteiger partial charge is 0.328 e. The third-order valence-electron chi connectivity index (χ3n) is 2.11. The van der Waals surface area contributed by atoms with E-state index < -0.39 is 43.0 Å². The largest absolute Gasteiger partial charge is 0.478 e. The molecular formula is C11H22BrNO9. The summed E-state index contributed by atoms with van der Waals surface area (Å²) in [6, 6.07) is 0. The minimum Gasteiger partial charge on any atom is -0.478 e. The number of hydrogen-bond donors (Lipinski definition) is 8. The first kappa shape index (κ1) is 25.9. The van der Waals surface area contributed by atoms with Crippen LogP contribution in [0, 0.1) is 0 Å². The minimum absolute atomic E-state index is 0. The first-order valence-corrected chi connectivity index (χ1v) is 5.79. The predicted molar refractivity (Wildman–Crippen MR) is 79.8 cm³/mol. The average molecular weight is 392 g/mol. The molecule has 0 radical (unpaired) electrons. The Morgan fingerprint density at radius 2 is 1.32 bits per heavy atom. The van der Waals surface area contributed by atoms with Gasteiger partial charge in [-0.15, -0.1) is 17.0 Å². The molecule has 0 unspecified atom stereocenters. The van der Waals surface area contributed by atoms with Crippen molar-refractivity contribution in [1.82, 2.24) is 5.32 Å². The lowest BCUT2D eigenvalue weighted by Gasteiger charge is -2.25. The number of aliphatic hydroxyl groups excluding tert-OH is 5. The summed E-state index contributed by atoms with van der Waals surface area (Å²) in [4.78, 5) is 19.1.